The third-order valence-corrected chi connectivity index (χ3v) is 10.1. The molecule has 8 aromatic rings. The summed E-state index contributed by atoms with van der Waals surface area (Å²) in [6.45, 7) is 5.24. The lowest BCUT2D eigenvalue weighted by Gasteiger charge is -2.18. The molecule has 0 heterocycles. The number of carbonyl (C=O) groups excluding carboxylic acids is 1. The summed E-state index contributed by atoms with van der Waals surface area (Å²) in [5.41, 5.74) is 6.26. The molecular weight excluding hydrogens is 641 g/mol. The Morgan fingerprint density at radius 2 is 0.769 bits per heavy atom. The van der Waals surface area contributed by atoms with E-state index in [1.165, 1.54) is 54.2 Å². The highest BCUT2D eigenvalue weighted by molar-refractivity contribution is 6.07. The molecule has 0 spiro atoms. The summed E-state index contributed by atoms with van der Waals surface area (Å²) in [5.74, 6) is 0.913. The Morgan fingerprint density at radius 3 is 1.13 bits per heavy atom. The Morgan fingerprint density at radius 1 is 0.423 bits per heavy atom. The standard InChI is InChI=1S/C48H40O4/c1-3-36-38-18-8-12-22-42(38)46(43-23-13-9-19-39(36)43)30-50-34-26-32(29-52-48(49)33-16-6-5-7-17-33)27-35(28-34)51-31-47-44-24-14-10-20-40(44)37(4-2)41-21-11-15-25-45(41)47/h5-28H,3-4,29-31H2,1-2H3. The Kier molecular flexibility index (Phi) is 9.29. The molecule has 0 amide bonds. The fourth-order valence-corrected chi connectivity index (χ4v) is 7.69. The number of hydrogen-bond donors (Lipinski definition) is 0. The molecule has 0 fully saturated rings. The van der Waals surface area contributed by atoms with E-state index in [2.05, 4.69) is 111 Å². The number of fused-ring (bicyclic) bond motifs is 4. The predicted octanol–water partition coefficient (Wildman–Crippen LogP) is 11.9. The Balaban J connectivity index is 1.15. The first kappa shape index (κ1) is 33.0. The van der Waals surface area contributed by atoms with E-state index in [0.29, 0.717) is 30.3 Å². The number of rotatable bonds is 11. The van der Waals surface area contributed by atoms with Crippen molar-refractivity contribution in [3.8, 4) is 11.5 Å². The summed E-state index contributed by atoms with van der Waals surface area (Å²) in [6.07, 6.45) is 1.89. The average molecular weight is 681 g/mol. The van der Waals surface area contributed by atoms with Crippen LogP contribution in [0.3, 0.4) is 0 Å². The summed E-state index contributed by atoms with van der Waals surface area (Å²) < 4.78 is 19.1. The number of esters is 1. The van der Waals surface area contributed by atoms with E-state index in [1.54, 1.807) is 12.1 Å². The molecule has 0 N–H and O–H groups in total. The molecular formula is C48H40O4. The van der Waals surface area contributed by atoms with Crippen LogP contribution in [0.25, 0.3) is 43.1 Å². The molecule has 0 saturated heterocycles. The molecule has 0 atom stereocenters. The van der Waals surface area contributed by atoms with E-state index < -0.39 is 0 Å². The number of benzene rings is 8. The van der Waals surface area contributed by atoms with Crippen LogP contribution in [0.2, 0.25) is 0 Å². The van der Waals surface area contributed by atoms with Crippen LogP contribution < -0.4 is 9.47 Å². The maximum absolute atomic E-state index is 12.9. The van der Waals surface area contributed by atoms with Gasteiger partial charge in [-0.2, -0.15) is 0 Å². The van der Waals surface area contributed by atoms with E-state index >= 15 is 0 Å². The first-order valence-electron chi connectivity index (χ1n) is 18.1. The molecule has 0 aliphatic carbocycles. The number of carbonyl (C=O) groups is 1. The zero-order chi connectivity index (χ0) is 35.4. The van der Waals surface area contributed by atoms with E-state index in [0.717, 1.165) is 29.5 Å². The van der Waals surface area contributed by atoms with Crippen molar-refractivity contribution < 1.29 is 19.0 Å². The molecule has 0 saturated carbocycles. The molecule has 0 aliphatic rings. The summed E-state index contributed by atoms with van der Waals surface area (Å²) >= 11 is 0. The summed E-state index contributed by atoms with van der Waals surface area (Å²) in [4.78, 5) is 12.9. The molecule has 0 aliphatic heterocycles. The van der Waals surface area contributed by atoms with Gasteiger partial charge < -0.3 is 14.2 Å². The van der Waals surface area contributed by atoms with Crippen LogP contribution in [0.5, 0.6) is 11.5 Å². The second-order valence-corrected chi connectivity index (χ2v) is 13.1. The van der Waals surface area contributed by atoms with E-state index in [9.17, 15) is 4.79 Å². The Bertz CT molecular complexity index is 2310. The molecule has 8 aromatic carbocycles. The fourth-order valence-electron chi connectivity index (χ4n) is 7.69. The molecule has 0 aromatic heterocycles. The Labute approximate surface area is 304 Å². The van der Waals surface area contributed by atoms with E-state index in [1.807, 2.05) is 36.4 Å². The summed E-state index contributed by atoms with van der Waals surface area (Å²) in [7, 11) is 0. The largest absolute Gasteiger partial charge is 0.489 e. The lowest BCUT2D eigenvalue weighted by Crippen LogP contribution is -2.06. The molecule has 0 bridgehead atoms. The summed E-state index contributed by atoms with van der Waals surface area (Å²) in [6, 6.07) is 49.2. The van der Waals surface area contributed by atoms with Gasteiger partial charge in [0.2, 0.25) is 0 Å². The summed E-state index contributed by atoms with van der Waals surface area (Å²) in [5, 5.41) is 9.77. The van der Waals surface area contributed by atoms with Crippen molar-refractivity contribution in [2.45, 2.75) is 46.5 Å². The maximum Gasteiger partial charge on any atom is 0.338 e. The minimum absolute atomic E-state index is 0.0788. The quantitative estimate of drug-likeness (QED) is 0.101. The molecule has 4 nitrogen and oxygen atoms in total. The van der Waals surface area contributed by atoms with Gasteiger partial charge in [0, 0.05) is 17.2 Å². The number of hydrogen-bond acceptors (Lipinski definition) is 4. The van der Waals surface area contributed by atoms with Gasteiger partial charge in [-0.25, -0.2) is 4.79 Å². The minimum atomic E-state index is -0.378. The number of aryl methyl sites for hydroxylation is 2. The van der Waals surface area contributed by atoms with Crippen molar-refractivity contribution >= 4 is 49.1 Å². The van der Waals surface area contributed by atoms with Gasteiger partial charge in [-0.15, -0.1) is 0 Å². The van der Waals surface area contributed by atoms with Crippen LogP contribution in [0.15, 0.2) is 146 Å². The lowest BCUT2D eigenvalue weighted by atomic mass is 9.91. The van der Waals surface area contributed by atoms with Gasteiger partial charge in [0.25, 0.3) is 0 Å². The van der Waals surface area contributed by atoms with Crippen LogP contribution in [-0.4, -0.2) is 5.97 Å². The van der Waals surface area contributed by atoms with Crippen LogP contribution in [0, 0.1) is 0 Å². The van der Waals surface area contributed by atoms with Crippen molar-refractivity contribution in [2.75, 3.05) is 0 Å². The number of ether oxygens (including phenoxy) is 3. The SMILES string of the molecule is CCc1c2ccccc2c(COc2cc(COC(=O)c3ccccc3)cc(OCc3c4ccccc4c(CC)c4ccccc34)c2)c2ccccc12. The highest BCUT2D eigenvalue weighted by Crippen LogP contribution is 2.36. The van der Waals surface area contributed by atoms with Gasteiger partial charge >= 0.3 is 5.97 Å². The van der Waals surface area contributed by atoms with Crippen LogP contribution in [0.4, 0.5) is 0 Å². The van der Waals surface area contributed by atoms with E-state index in [4.69, 9.17) is 14.2 Å². The highest BCUT2D eigenvalue weighted by atomic mass is 16.5. The van der Waals surface area contributed by atoms with Crippen molar-refractivity contribution in [1.29, 1.82) is 0 Å². The first-order valence-corrected chi connectivity index (χ1v) is 18.1. The van der Waals surface area contributed by atoms with Crippen LogP contribution >= 0.6 is 0 Å². The van der Waals surface area contributed by atoms with Crippen molar-refractivity contribution in [3.05, 3.63) is 179 Å². The fraction of sp³-hybridized carbons (Fsp3) is 0.146. The van der Waals surface area contributed by atoms with Crippen molar-refractivity contribution in [1.82, 2.24) is 0 Å². The molecule has 4 heteroatoms. The lowest BCUT2D eigenvalue weighted by molar-refractivity contribution is 0.0472. The molecule has 52 heavy (non-hydrogen) atoms. The second-order valence-electron chi connectivity index (χ2n) is 13.1. The maximum atomic E-state index is 12.9. The molecule has 0 radical (unpaired) electrons. The van der Waals surface area contributed by atoms with Gasteiger partial charge in [-0.1, -0.05) is 129 Å². The van der Waals surface area contributed by atoms with E-state index in [-0.39, 0.29) is 12.6 Å². The second kappa shape index (κ2) is 14.6. The van der Waals surface area contributed by atoms with Crippen LogP contribution in [-0.2, 0) is 37.4 Å². The van der Waals surface area contributed by atoms with Gasteiger partial charge in [0.05, 0.1) is 5.56 Å². The molecule has 256 valence electrons. The van der Waals surface area contributed by atoms with Crippen LogP contribution in [0.1, 0.15) is 52.0 Å². The molecule has 0 unspecified atom stereocenters. The normalized spacial score (nSPS) is 11.3. The average Bonchev–Trinajstić information content (AvgIpc) is 3.20. The zero-order valence-corrected chi connectivity index (χ0v) is 29.5. The first-order chi connectivity index (χ1) is 25.6. The third-order valence-electron chi connectivity index (χ3n) is 10.1. The monoisotopic (exact) mass is 680 g/mol. The minimum Gasteiger partial charge on any atom is -0.489 e. The zero-order valence-electron chi connectivity index (χ0n) is 29.5. The van der Waals surface area contributed by atoms with Gasteiger partial charge in [0.1, 0.15) is 31.3 Å². The van der Waals surface area contributed by atoms with Gasteiger partial charge in [0.15, 0.2) is 0 Å². The molecule has 8 rings (SSSR count). The Hall–Kier alpha value is -6.13. The highest BCUT2D eigenvalue weighted by Gasteiger charge is 2.16. The third kappa shape index (κ3) is 6.33. The van der Waals surface area contributed by atoms with Crippen molar-refractivity contribution in [3.63, 3.8) is 0 Å². The van der Waals surface area contributed by atoms with Gasteiger partial charge in [-0.05, 0) is 96.9 Å². The van der Waals surface area contributed by atoms with Crippen molar-refractivity contribution in [2.24, 2.45) is 0 Å². The predicted molar refractivity (Wildman–Crippen MR) is 212 cm³/mol. The smallest absolute Gasteiger partial charge is 0.338 e. The topological polar surface area (TPSA) is 44.8 Å². The van der Waals surface area contributed by atoms with Gasteiger partial charge in [-0.3, -0.25) is 0 Å².